The summed E-state index contributed by atoms with van der Waals surface area (Å²) in [6.07, 6.45) is -3.41. The van der Waals surface area contributed by atoms with Crippen LogP contribution in [-0.4, -0.2) is 38.4 Å². The van der Waals surface area contributed by atoms with Crippen LogP contribution in [0.25, 0.3) is 0 Å². The molecule has 1 N–H and O–H groups in total. The highest BCUT2D eigenvalue weighted by Crippen LogP contribution is 2.28. The van der Waals surface area contributed by atoms with Crippen LogP contribution in [0.4, 0.5) is 13.2 Å². The number of rotatable bonds is 9. The van der Waals surface area contributed by atoms with Gasteiger partial charge in [0.15, 0.2) is 6.61 Å². The average Bonchev–Trinajstić information content (AvgIpc) is 2.51. The third kappa shape index (κ3) is 7.88. The van der Waals surface area contributed by atoms with Gasteiger partial charge in [0, 0.05) is 6.54 Å². The number of para-hydroxylation sites is 1. The zero-order chi connectivity index (χ0) is 17.3. The minimum atomic E-state index is -4.35. The zero-order valence-corrected chi connectivity index (χ0v) is 13.3. The smallest absolute Gasteiger partial charge is 0.411 e. The molecule has 1 unspecified atom stereocenters. The minimum Gasteiger partial charge on any atom is -0.483 e. The third-order valence-corrected chi connectivity index (χ3v) is 3.26. The largest absolute Gasteiger partial charge is 0.483 e. The molecule has 0 bridgehead atoms. The molecule has 1 amide bonds. The number of alkyl halides is 3. The molecule has 0 aliphatic carbocycles. The Morgan fingerprint density at radius 3 is 2.65 bits per heavy atom. The van der Waals surface area contributed by atoms with Crippen LogP contribution in [0.3, 0.4) is 0 Å². The molecule has 23 heavy (non-hydrogen) atoms. The van der Waals surface area contributed by atoms with E-state index in [-0.39, 0.29) is 19.8 Å². The fourth-order valence-corrected chi connectivity index (χ4v) is 1.88. The molecule has 0 saturated heterocycles. The van der Waals surface area contributed by atoms with Crippen LogP contribution in [0.15, 0.2) is 24.3 Å². The first-order valence-corrected chi connectivity index (χ1v) is 7.46. The van der Waals surface area contributed by atoms with Gasteiger partial charge in [0.25, 0.3) is 5.91 Å². The van der Waals surface area contributed by atoms with Gasteiger partial charge in [0.1, 0.15) is 12.4 Å². The summed E-state index contributed by atoms with van der Waals surface area (Å²) in [4.78, 5) is 11.6. The molecule has 0 fully saturated rings. The van der Waals surface area contributed by atoms with E-state index >= 15 is 0 Å². The molecule has 0 heterocycles. The molecule has 1 aromatic carbocycles. The summed E-state index contributed by atoms with van der Waals surface area (Å²) < 4.78 is 45.4. The lowest BCUT2D eigenvalue weighted by atomic mass is 9.98. The second-order valence-electron chi connectivity index (χ2n) is 5.15. The zero-order valence-electron chi connectivity index (χ0n) is 13.3. The number of carbonyl (C=O) groups excluding carboxylic acids is 1. The number of ether oxygens (including phenoxy) is 2. The Morgan fingerprint density at radius 1 is 1.30 bits per heavy atom. The number of hydrogen-bond acceptors (Lipinski definition) is 3. The minimum absolute atomic E-state index is 0.00524. The van der Waals surface area contributed by atoms with E-state index in [1.807, 2.05) is 18.2 Å². The molecule has 0 radical (unpaired) electrons. The van der Waals surface area contributed by atoms with E-state index in [0.717, 1.165) is 12.0 Å². The summed E-state index contributed by atoms with van der Waals surface area (Å²) in [6, 6.07) is 7.48. The Bertz CT molecular complexity index is 492. The van der Waals surface area contributed by atoms with Crippen molar-refractivity contribution in [3.63, 3.8) is 0 Å². The Balaban J connectivity index is 2.31. The van der Waals surface area contributed by atoms with Gasteiger partial charge in [0.2, 0.25) is 0 Å². The molecule has 0 aliphatic rings. The monoisotopic (exact) mass is 333 g/mol. The van der Waals surface area contributed by atoms with E-state index in [9.17, 15) is 18.0 Å². The van der Waals surface area contributed by atoms with Crippen molar-refractivity contribution in [1.82, 2.24) is 5.32 Å². The summed E-state index contributed by atoms with van der Waals surface area (Å²) in [7, 11) is 0. The number of carbonyl (C=O) groups is 1. The molecule has 7 heteroatoms. The summed E-state index contributed by atoms with van der Waals surface area (Å²) >= 11 is 0. The van der Waals surface area contributed by atoms with Gasteiger partial charge in [-0.1, -0.05) is 32.0 Å². The predicted molar refractivity (Wildman–Crippen MR) is 80.5 cm³/mol. The topological polar surface area (TPSA) is 47.6 Å². The first-order chi connectivity index (χ1) is 10.8. The van der Waals surface area contributed by atoms with Gasteiger partial charge < -0.3 is 14.8 Å². The lowest BCUT2D eigenvalue weighted by Crippen LogP contribution is -2.32. The summed E-state index contributed by atoms with van der Waals surface area (Å²) in [5, 5.41) is 2.45. The maximum absolute atomic E-state index is 11.8. The highest BCUT2D eigenvalue weighted by molar-refractivity contribution is 5.77. The Morgan fingerprint density at radius 2 is 2.00 bits per heavy atom. The third-order valence-electron chi connectivity index (χ3n) is 3.26. The molecular weight excluding hydrogens is 311 g/mol. The van der Waals surface area contributed by atoms with Crippen molar-refractivity contribution in [1.29, 1.82) is 0 Å². The van der Waals surface area contributed by atoms with Crippen molar-refractivity contribution < 1.29 is 27.4 Å². The van der Waals surface area contributed by atoms with Crippen LogP contribution in [0.1, 0.15) is 31.7 Å². The molecule has 0 aromatic heterocycles. The van der Waals surface area contributed by atoms with Crippen LogP contribution in [0, 0.1) is 0 Å². The Labute approximate surface area is 134 Å². The van der Waals surface area contributed by atoms with E-state index in [4.69, 9.17) is 4.74 Å². The maximum Gasteiger partial charge on any atom is 0.411 e. The summed E-state index contributed by atoms with van der Waals surface area (Å²) in [5.41, 5.74) is 1.02. The first-order valence-electron chi connectivity index (χ1n) is 7.46. The highest BCUT2D eigenvalue weighted by Gasteiger charge is 2.27. The normalized spacial score (nSPS) is 12.7. The molecular formula is C16H22F3NO3. The molecule has 1 rings (SSSR count). The molecule has 4 nitrogen and oxygen atoms in total. The van der Waals surface area contributed by atoms with E-state index < -0.39 is 18.7 Å². The number of nitrogens with one attached hydrogen (secondary N) is 1. The first kappa shape index (κ1) is 19.3. The molecule has 0 saturated carbocycles. The Kier molecular flexibility index (Phi) is 7.88. The van der Waals surface area contributed by atoms with Crippen molar-refractivity contribution in [2.45, 2.75) is 32.4 Å². The predicted octanol–water partition coefficient (Wildman–Crippen LogP) is 3.27. The maximum atomic E-state index is 11.8. The van der Waals surface area contributed by atoms with Crippen molar-refractivity contribution >= 4 is 5.91 Å². The quantitative estimate of drug-likeness (QED) is 0.706. The van der Waals surface area contributed by atoms with Gasteiger partial charge in [-0.05, 0) is 24.0 Å². The van der Waals surface area contributed by atoms with Crippen molar-refractivity contribution in [2.24, 2.45) is 0 Å². The van der Waals surface area contributed by atoms with Gasteiger partial charge in [-0.15, -0.1) is 0 Å². The average molecular weight is 333 g/mol. The molecule has 0 spiro atoms. The lowest BCUT2D eigenvalue weighted by Gasteiger charge is -2.15. The van der Waals surface area contributed by atoms with E-state index in [1.54, 1.807) is 6.07 Å². The lowest BCUT2D eigenvalue weighted by molar-refractivity contribution is -0.173. The van der Waals surface area contributed by atoms with E-state index in [1.165, 1.54) is 0 Å². The van der Waals surface area contributed by atoms with E-state index in [0.29, 0.717) is 11.7 Å². The second kappa shape index (κ2) is 9.39. The molecule has 1 atom stereocenters. The number of benzene rings is 1. The van der Waals surface area contributed by atoms with Gasteiger partial charge in [0.05, 0.1) is 6.61 Å². The van der Waals surface area contributed by atoms with E-state index in [2.05, 4.69) is 23.9 Å². The van der Waals surface area contributed by atoms with Crippen molar-refractivity contribution in [3.05, 3.63) is 29.8 Å². The van der Waals surface area contributed by atoms with Gasteiger partial charge in [-0.2, -0.15) is 13.2 Å². The fraction of sp³-hybridized carbons (Fsp3) is 0.562. The number of halogens is 3. The highest BCUT2D eigenvalue weighted by atomic mass is 19.4. The SMILES string of the molecule is CCC(C)c1ccccc1OCC(=O)NCCOCC(F)(F)F. The summed E-state index contributed by atoms with van der Waals surface area (Å²) in [5.74, 6) is 0.551. The van der Waals surface area contributed by atoms with Gasteiger partial charge >= 0.3 is 6.18 Å². The van der Waals surface area contributed by atoms with Crippen LogP contribution >= 0.6 is 0 Å². The second-order valence-corrected chi connectivity index (χ2v) is 5.15. The molecule has 1 aromatic rings. The van der Waals surface area contributed by atoms with Gasteiger partial charge in [-0.3, -0.25) is 4.79 Å². The fourth-order valence-electron chi connectivity index (χ4n) is 1.88. The summed E-state index contributed by atoms with van der Waals surface area (Å²) in [6.45, 7) is 2.43. The molecule has 130 valence electrons. The number of amides is 1. The Hall–Kier alpha value is -1.76. The van der Waals surface area contributed by atoms with Crippen molar-refractivity contribution in [3.8, 4) is 5.75 Å². The van der Waals surface area contributed by atoms with Crippen LogP contribution in [0.2, 0.25) is 0 Å². The molecule has 0 aliphatic heterocycles. The van der Waals surface area contributed by atoms with Crippen molar-refractivity contribution in [2.75, 3.05) is 26.4 Å². The van der Waals surface area contributed by atoms with Crippen LogP contribution in [-0.2, 0) is 9.53 Å². The standard InChI is InChI=1S/C16H22F3NO3/c1-3-12(2)13-6-4-5-7-14(13)23-10-15(21)20-8-9-22-11-16(17,18)19/h4-7,12H,3,8-11H2,1-2H3,(H,20,21). The van der Waals surface area contributed by atoms with Crippen LogP contribution in [0.5, 0.6) is 5.75 Å². The number of hydrogen-bond donors (Lipinski definition) is 1. The van der Waals surface area contributed by atoms with Crippen LogP contribution < -0.4 is 10.1 Å². The van der Waals surface area contributed by atoms with Gasteiger partial charge in [-0.25, -0.2) is 0 Å².